The Kier molecular flexibility index (Phi) is 6.26. The Morgan fingerprint density at radius 1 is 1.35 bits per heavy atom. The van der Waals surface area contributed by atoms with E-state index >= 15 is 0 Å². The molecule has 1 aromatic heterocycles. The van der Waals surface area contributed by atoms with Crippen molar-refractivity contribution < 1.29 is 0 Å². The Bertz CT molecular complexity index is 575. The normalized spacial score (nSPS) is 12.4. The fourth-order valence-electron chi connectivity index (χ4n) is 2.02. The minimum absolute atomic E-state index is 0.225. The van der Waals surface area contributed by atoms with Crippen LogP contribution in [0.3, 0.4) is 0 Å². The molecule has 1 atom stereocenters. The lowest BCUT2D eigenvalue weighted by molar-refractivity contribution is 0.544. The van der Waals surface area contributed by atoms with Crippen molar-refractivity contribution in [3.8, 4) is 0 Å². The number of aromatic nitrogens is 1. The summed E-state index contributed by atoms with van der Waals surface area (Å²) in [5, 5.41) is 4.30. The fourth-order valence-corrected chi connectivity index (χ4v) is 2.78. The maximum Gasteiger partial charge on any atom is 0.0542 e. The van der Waals surface area contributed by atoms with Crippen LogP contribution in [0.2, 0.25) is 5.02 Å². The van der Waals surface area contributed by atoms with E-state index in [9.17, 15) is 0 Å². The van der Waals surface area contributed by atoms with Crippen molar-refractivity contribution in [3.05, 3.63) is 60.9 Å². The highest BCUT2D eigenvalue weighted by molar-refractivity contribution is 14.1. The molecule has 2 nitrogen and oxygen atoms in total. The van der Waals surface area contributed by atoms with Crippen molar-refractivity contribution in [1.29, 1.82) is 0 Å². The highest BCUT2D eigenvalue weighted by Gasteiger charge is 2.13. The van der Waals surface area contributed by atoms with Crippen molar-refractivity contribution in [1.82, 2.24) is 10.3 Å². The van der Waals surface area contributed by atoms with Crippen LogP contribution in [0.25, 0.3) is 0 Å². The van der Waals surface area contributed by atoms with Crippen LogP contribution in [-0.4, -0.2) is 11.5 Å². The predicted octanol–water partition coefficient (Wildman–Crippen LogP) is 5.00. The van der Waals surface area contributed by atoms with Gasteiger partial charge in [-0.3, -0.25) is 4.98 Å². The van der Waals surface area contributed by atoms with E-state index in [1.807, 2.05) is 24.4 Å². The zero-order valence-corrected chi connectivity index (χ0v) is 15.5. The number of halogens is 3. The Morgan fingerprint density at radius 3 is 2.75 bits per heavy atom. The molecular weight excluding hydrogens is 450 g/mol. The summed E-state index contributed by atoms with van der Waals surface area (Å²) in [5.41, 5.74) is 2.26. The Labute approximate surface area is 146 Å². The molecule has 0 saturated carbocycles. The van der Waals surface area contributed by atoms with Crippen molar-refractivity contribution in [2.45, 2.75) is 19.4 Å². The van der Waals surface area contributed by atoms with Crippen LogP contribution in [-0.2, 0) is 6.42 Å². The van der Waals surface area contributed by atoms with E-state index in [4.69, 9.17) is 11.6 Å². The van der Waals surface area contributed by atoms with E-state index in [0.29, 0.717) is 0 Å². The predicted molar refractivity (Wildman–Crippen MR) is 96.2 cm³/mol. The molecule has 106 valence electrons. The quantitative estimate of drug-likeness (QED) is 0.629. The highest BCUT2D eigenvalue weighted by atomic mass is 127. The Morgan fingerprint density at radius 2 is 2.15 bits per heavy atom. The summed E-state index contributed by atoms with van der Waals surface area (Å²) in [7, 11) is 0. The van der Waals surface area contributed by atoms with E-state index in [1.165, 1.54) is 5.56 Å². The molecule has 2 aromatic rings. The van der Waals surface area contributed by atoms with Crippen molar-refractivity contribution >= 4 is 50.1 Å². The number of hydrogen-bond donors (Lipinski definition) is 1. The van der Waals surface area contributed by atoms with Gasteiger partial charge in [-0.25, -0.2) is 0 Å². The third-order valence-corrected chi connectivity index (χ3v) is 5.04. The highest BCUT2D eigenvalue weighted by Crippen LogP contribution is 2.25. The molecule has 1 N–H and O–H groups in total. The van der Waals surface area contributed by atoms with Gasteiger partial charge in [-0.1, -0.05) is 24.6 Å². The standard InChI is InChI=1S/C15H15BrClIN2/c1-2-19-15(8-12-5-4-11(16)9-20-12)10-3-6-14(18)13(17)7-10/h3-7,9,15,19H,2,8H2,1H3. The van der Waals surface area contributed by atoms with Gasteiger partial charge in [0, 0.05) is 32.4 Å². The lowest BCUT2D eigenvalue weighted by Crippen LogP contribution is -2.23. The Hall–Kier alpha value is -0.170. The zero-order valence-electron chi connectivity index (χ0n) is 11.0. The first-order valence-electron chi connectivity index (χ1n) is 6.39. The molecule has 0 aliphatic carbocycles. The van der Waals surface area contributed by atoms with Crippen LogP contribution in [0.5, 0.6) is 0 Å². The van der Waals surface area contributed by atoms with Crippen molar-refractivity contribution in [3.63, 3.8) is 0 Å². The molecule has 1 aromatic carbocycles. The molecule has 0 aliphatic rings. The molecule has 1 heterocycles. The molecule has 0 amide bonds. The number of nitrogens with zero attached hydrogens (tertiary/aromatic N) is 1. The second-order valence-corrected chi connectivity index (χ2v) is 6.94. The molecule has 5 heteroatoms. The lowest BCUT2D eigenvalue weighted by atomic mass is 10.0. The Balaban J connectivity index is 2.21. The van der Waals surface area contributed by atoms with Crippen LogP contribution in [0, 0.1) is 3.57 Å². The van der Waals surface area contributed by atoms with Crippen LogP contribution in [0.15, 0.2) is 41.0 Å². The molecule has 0 saturated heterocycles. The molecule has 1 unspecified atom stereocenters. The zero-order chi connectivity index (χ0) is 14.5. The number of rotatable bonds is 5. The van der Waals surface area contributed by atoms with Gasteiger partial charge in [0.05, 0.1) is 5.02 Å². The molecule has 0 bridgehead atoms. The number of benzene rings is 1. The smallest absolute Gasteiger partial charge is 0.0542 e. The molecular formula is C15H15BrClIN2. The summed E-state index contributed by atoms with van der Waals surface area (Å²) < 4.78 is 2.07. The molecule has 0 spiro atoms. The molecule has 20 heavy (non-hydrogen) atoms. The molecule has 0 aliphatic heterocycles. The average molecular weight is 466 g/mol. The van der Waals surface area contributed by atoms with E-state index in [1.54, 1.807) is 0 Å². The first kappa shape index (κ1) is 16.2. The van der Waals surface area contributed by atoms with Crippen LogP contribution >= 0.6 is 50.1 Å². The summed E-state index contributed by atoms with van der Waals surface area (Å²) in [6.07, 6.45) is 2.68. The van der Waals surface area contributed by atoms with Gasteiger partial charge in [0.2, 0.25) is 0 Å². The summed E-state index contributed by atoms with van der Waals surface area (Å²) in [4.78, 5) is 4.44. The van der Waals surface area contributed by atoms with E-state index in [-0.39, 0.29) is 6.04 Å². The van der Waals surface area contributed by atoms with Gasteiger partial charge in [-0.15, -0.1) is 0 Å². The van der Waals surface area contributed by atoms with Gasteiger partial charge in [0.1, 0.15) is 0 Å². The van der Waals surface area contributed by atoms with Crippen LogP contribution in [0.1, 0.15) is 24.2 Å². The van der Waals surface area contributed by atoms with Gasteiger partial charge in [-0.05, 0) is 74.9 Å². The van der Waals surface area contributed by atoms with Gasteiger partial charge in [0.15, 0.2) is 0 Å². The van der Waals surface area contributed by atoms with Gasteiger partial charge in [0.25, 0.3) is 0 Å². The second-order valence-electron chi connectivity index (χ2n) is 4.46. The summed E-state index contributed by atoms with van der Waals surface area (Å²) in [6, 6.07) is 10.5. The number of hydrogen-bond acceptors (Lipinski definition) is 2. The van der Waals surface area contributed by atoms with Crippen LogP contribution < -0.4 is 5.32 Å². The maximum atomic E-state index is 6.22. The average Bonchev–Trinajstić information content (AvgIpc) is 2.44. The van der Waals surface area contributed by atoms with Gasteiger partial charge >= 0.3 is 0 Å². The number of pyridine rings is 1. The first-order valence-corrected chi connectivity index (χ1v) is 8.64. The summed E-state index contributed by atoms with van der Waals surface area (Å²) in [6.45, 7) is 3.01. The summed E-state index contributed by atoms with van der Waals surface area (Å²) >= 11 is 11.9. The number of likely N-dealkylation sites (N-methyl/N-ethyl adjacent to an activating group) is 1. The minimum Gasteiger partial charge on any atom is -0.310 e. The van der Waals surface area contributed by atoms with E-state index in [2.05, 4.69) is 67.9 Å². The third-order valence-electron chi connectivity index (χ3n) is 3.00. The van der Waals surface area contributed by atoms with Gasteiger partial charge in [-0.2, -0.15) is 0 Å². The van der Waals surface area contributed by atoms with E-state index < -0.39 is 0 Å². The molecule has 0 fully saturated rings. The third kappa shape index (κ3) is 4.41. The SMILES string of the molecule is CCNC(Cc1ccc(Br)cn1)c1ccc(I)c(Cl)c1. The first-order chi connectivity index (χ1) is 9.60. The van der Waals surface area contributed by atoms with Crippen molar-refractivity contribution in [2.24, 2.45) is 0 Å². The maximum absolute atomic E-state index is 6.22. The second kappa shape index (κ2) is 7.73. The van der Waals surface area contributed by atoms with Gasteiger partial charge < -0.3 is 5.32 Å². The minimum atomic E-state index is 0.225. The fraction of sp³-hybridized carbons (Fsp3) is 0.267. The monoisotopic (exact) mass is 464 g/mol. The summed E-state index contributed by atoms with van der Waals surface area (Å²) in [5.74, 6) is 0. The number of nitrogens with one attached hydrogen (secondary N) is 1. The largest absolute Gasteiger partial charge is 0.310 e. The van der Waals surface area contributed by atoms with Crippen LogP contribution in [0.4, 0.5) is 0 Å². The lowest BCUT2D eigenvalue weighted by Gasteiger charge is -2.18. The van der Waals surface area contributed by atoms with Crippen molar-refractivity contribution in [2.75, 3.05) is 6.54 Å². The topological polar surface area (TPSA) is 24.9 Å². The molecule has 0 radical (unpaired) electrons. The molecule has 2 rings (SSSR count). The van der Waals surface area contributed by atoms with E-state index in [0.717, 1.165) is 31.7 Å².